The Hall–Kier alpha value is -0.330. The minimum atomic E-state index is 0.234. The molecular formula is C11H20O. The van der Waals surface area contributed by atoms with Crippen LogP contribution >= 0.6 is 0 Å². The Labute approximate surface area is 75.5 Å². The Morgan fingerprint density at radius 1 is 1.42 bits per heavy atom. The summed E-state index contributed by atoms with van der Waals surface area (Å²) in [6.45, 7) is 6.29. The Bertz CT molecular complexity index is 160. The lowest BCUT2D eigenvalue weighted by Crippen LogP contribution is -2.15. The van der Waals surface area contributed by atoms with Crippen LogP contribution in [0.15, 0.2) is 0 Å². The molecule has 2 unspecified atom stereocenters. The molecule has 1 aliphatic carbocycles. The van der Waals surface area contributed by atoms with E-state index in [0.717, 1.165) is 12.3 Å². The van der Waals surface area contributed by atoms with Crippen molar-refractivity contribution in [1.82, 2.24) is 0 Å². The molecule has 0 aromatic heterocycles. The van der Waals surface area contributed by atoms with Gasteiger partial charge >= 0.3 is 0 Å². The van der Waals surface area contributed by atoms with Gasteiger partial charge in [-0.2, -0.15) is 0 Å². The fraction of sp³-hybridized carbons (Fsp3) is 0.909. The highest BCUT2D eigenvalue weighted by molar-refractivity contribution is 5.80. The number of hydrogen-bond acceptors (Lipinski definition) is 1. The molecule has 1 heteroatoms. The van der Waals surface area contributed by atoms with Crippen molar-refractivity contribution in [3.8, 4) is 0 Å². The second kappa shape index (κ2) is 4.06. The van der Waals surface area contributed by atoms with Gasteiger partial charge in [0.2, 0.25) is 0 Å². The molecule has 0 radical (unpaired) electrons. The maximum atomic E-state index is 11.4. The van der Waals surface area contributed by atoms with Gasteiger partial charge in [-0.25, -0.2) is 0 Å². The van der Waals surface area contributed by atoms with E-state index in [1.54, 1.807) is 0 Å². The van der Waals surface area contributed by atoms with Crippen LogP contribution in [0, 0.1) is 17.8 Å². The van der Waals surface area contributed by atoms with Crippen LogP contribution < -0.4 is 0 Å². The molecule has 0 aliphatic heterocycles. The fourth-order valence-corrected chi connectivity index (χ4v) is 2.02. The molecule has 70 valence electrons. The number of carbonyl (C=O) groups excluding carboxylic acids is 1. The molecule has 1 fully saturated rings. The Balaban J connectivity index is 2.35. The summed E-state index contributed by atoms with van der Waals surface area (Å²) in [6, 6.07) is 0. The quantitative estimate of drug-likeness (QED) is 0.633. The summed E-state index contributed by atoms with van der Waals surface area (Å²) in [5, 5.41) is 0. The Kier molecular flexibility index (Phi) is 3.30. The molecule has 2 atom stereocenters. The first-order valence-electron chi connectivity index (χ1n) is 5.14. The number of Topliss-reactive ketones (excluding diaryl/α,β-unsaturated/α-hetero) is 1. The van der Waals surface area contributed by atoms with Crippen LogP contribution in [-0.2, 0) is 4.79 Å². The van der Waals surface area contributed by atoms with E-state index in [2.05, 4.69) is 6.92 Å². The number of ketones is 1. The van der Waals surface area contributed by atoms with Gasteiger partial charge in [-0.3, -0.25) is 4.79 Å². The molecular weight excluding hydrogens is 148 g/mol. The van der Waals surface area contributed by atoms with Crippen LogP contribution in [0.4, 0.5) is 0 Å². The van der Waals surface area contributed by atoms with Crippen LogP contribution in [-0.4, -0.2) is 5.78 Å². The predicted molar refractivity (Wildman–Crippen MR) is 51.0 cm³/mol. The first-order valence-corrected chi connectivity index (χ1v) is 5.14. The molecule has 0 heterocycles. The SMILES string of the molecule is CC(C)C(=O)CC1CCCC1C. The zero-order valence-electron chi connectivity index (χ0n) is 8.47. The summed E-state index contributed by atoms with van der Waals surface area (Å²) in [7, 11) is 0. The van der Waals surface area contributed by atoms with Crippen molar-refractivity contribution in [2.24, 2.45) is 17.8 Å². The zero-order chi connectivity index (χ0) is 9.14. The zero-order valence-corrected chi connectivity index (χ0v) is 8.47. The van der Waals surface area contributed by atoms with E-state index in [9.17, 15) is 4.79 Å². The van der Waals surface area contributed by atoms with E-state index in [4.69, 9.17) is 0 Å². The van der Waals surface area contributed by atoms with Crippen LogP contribution in [0.1, 0.15) is 46.5 Å². The van der Waals surface area contributed by atoms with E-state index >= 15 is 0 Å². The molecule has 0 amide bonds. The third kappa shape index (κ3) is 2.33. The van der Waals surface area contributed by atoms with E-state index in [1.807, 2.05) is 13.8 Å². The normalized spacial score (nSPS) is 29.7. The van der Waals surface area contributed by atoms with Gasteiger partial charge in [0.15, 0.2) is 0 Å². The van der Waals surface area contributed by atoms with Gasteiger partial charge in [-0.05, 0) is 18.3 Å². The molecule has 12 heavy (non-hydrogen) atoms. The van der Waals surface area contributed by atoms with Gasteiger partial charge in [0, 0.05) is 12.3 Å². The standard InChI is InChI=1S/C11H20O/c1-8(2)11(12)7-10-6-4-5-9(10)3/h8-10H,4-7H2,1-3H3. The molecule has 1 saturated carbocycles. The van der Waals surface area contributed by atoms with Gasteiger partial charge in [-0.15, -0.1) is 0 Å². The molecule has 0 saturated heterocycles. The summed E-state index contributed by atoms with van der Waals surface area (Å²) < 4.78 is 0. The van der Waals surface area contributed by atoms with Gasteiger partial charge in [0.1, 0.15) is 5.78 Å². The highest BCUT2D eigenvalue weighted by Crippen LogP contribution is 2.34. The fourth-order valence-electron chi connectivity index (χ4n) is 2.02. The van der Waals surface area contributed by atoms with Gasteiger partial charge in [0.05, 0.1) is 0 Å². The van der Waals surface area contributed by atoms with Gasteiger partial charge in [-0.1, -0.05) is 33.6 Å². The predicted octanol–water partition coefficient (Wildman–Crippen LogP) is 3.04. The highest BCUT2D eigenvalue weighted by atomic mass is 16.1. The minimum Gasteiger partial charge on any atom is -0.299 e. The first kappa shape index (κ1) is 9.76. The van der Waals surface area contributed by atoms with E-state index in [0.29, 0.717) is 11.7 Å². The van der Waals surface area contributed by atoms with Crippen molar-refractivity contribution in [2.75, 3.05) is 0 Å². The number of rotatable bonds is 3. The molecule has 0 aromatic rings. The maximum Gasteiger partial charge on any atom is 0.135 e. The smallest absolute Gasteiger partial charge is 0.135 e. The second-order valence-corrected chi connectivity index (χ2v) is 4.49. The van der Waals surface area contributed by atoms with Gasteiger partial charge < -0.3 is 0 Å². The van der Waals surface area contributed by atoms with Crippen LogP contribution in [0.2, 0.25) is 0 Å². The molecule has 0 bridgehead atoms. The minimum absolute atomic E-state index is 0.234. The summed E-state index contributed by atoms with van der Waals surface area (Å²) in [6.07, 6.45) is 4.77. The monoisotopic (exact) mass is 168 g/mol. The molecule has 1 rings (SSSR count). The van der Waals surface area contributed by atoms with Crippen molar-refractivity contribution in [3.05, 3.63) is 0 Å². The Morgan fingerprint density at radius 3 is 2.50 bits per heavy atom. The topological polar surface area (TPSA) is 17.1 Å². The summed E-state index contributed by atoms with van der Waals surface area (Å²) >= 11 is 0. The van der Waals surface area contributed by atoms with E-state index in [-0.39, 0.29) is 5.92 Å². The third-order valence-corrected chi connectivity index (χ3v) is 3.15. The molecule has 1 aliphatic rings. The van der Waals surface area contributed by atoms with E-state index < -0.39 is 0 Å². The summed E-state index contributed by atoms with van der Waals surface area (Å²) in [4.78, 5) is 11.4. The highest BCUT2D eigenvalue weighted by Gasteiger charge is 2.25. The average molecular weight is 168 g/mol. The maximum absolute atomic E-state index is 11.4. The van der Waals surface area contributed by atoms with Crippen LogP contribution in [0.25, 0.3) is 0 Å². The van der Waals surface area contributed by atoms with Crippen molar-refractivity contribution in [3.63, 3.8) is 0 Å². The molecule has 0 N–H and O–H groups in total. The third-order valence-electron chi connectivity index (χ3n) is 3.15. The van der Waals surface area contributed by atoms with Crippen molar-refractivity contribution < 1.29 is 4.79 Å². The molecule has 0 spiro atoms. The van der Waals surface area contributed by atoms with Gasteiger partial charge in [0.25, 0.3) is 0 Å². The lowest BCUT2D eigenvalue weighted by Gasteiger charge is -2.15. The average Bonchev–Trinajstić information content (AvgIpc) is 2.36. The van der Waals surface area contributed by atoms with Crippen molar-refractivity contribution in [2.45, 2.75) is 46.5 Å². The van der Waals surface area contributed by atoms with Crippen molar-refractivity contribution >= 4 is 5.78 Å². The Morgan fingerprint density at radius 2 is 2.08 bits per heavy atom. The lowest BCUT2D eigenvalue weighted by atomic mass is 9.90. The number of carbonyl (C=O) groups is 1. The summed E-state index contributed by atoms with van der Waals surface area (Å²) in [5.41, 5.74) is 0. The number of hydrogen-bond donors (Lipinski definition) is 0. The summed E-state index contributed by atoms with van der Waals surface area (Å²) in [5.74, 6) is 2.17. The largest absolute Gasteiger partial charge is 0.299 e. The lowest BCUT2D eigenvalue weighted by molar-refractivity contribution is -0.123. The van der Waals surface area contributed by atoms with Crippen LogP contribution in [0.3, 0.4) is 0 Å². The molecule has 0 aromatic carbocycles. The van der Waals surface area contributed by atoms with E-state index in [1.165, 1.54) is 19.3 Å². The first-order chi connectivity index (χ1) is 5.61. The molecule has 1 nitrogen and oxygen atoms in total. The van der Waals surface area contributed by atoms with Crippen molar-refractivity contribution in [1.29, 1.82) is 0 Å². The van der Waals surface area contributed by atoms with Crippen LogP contribution in [0.5, 0.6) is 0 Å². The second-order valence-electron chi connectivity index (χ2n) is 4.49.